The van der Waals surface area contributed by atoms with E-state index in [0.717, 1.165) is 58.7 Å². The summed E-state index contributed by atoms with van der Waals surface area (Å²) in [6.07, 6.45) is 4.75. The molecule has 3 heterocycles. The Balaban J connectivity index is 0.000000218. The molecule has 3 aromatic heterocycles. The van der Waals surface area contributed by atoms with Crippen LogP contribution >= 0.6 is 11.3 Å². The Labute approximate surface area is 300 Å². The fourth-order valence-electron chi connectivity index (χ4n) is 6.29. The van der Waals surface area contributed by atoms with Crippen molar-refractivity contribution in [2.24, 2.45) is 10.8 Å². The van der Waals surface area contributed by atoms with Crippen LogP contribution in [0.5, 0.6) is 0 Å². The van der Waals surface area contributed by atoms with Crippen molar-refractivity contribution in [2.45, 2.75) is 67.2 Å². The number of hydrogen-bond acceptors (Lipinski definition) is 4. The molecular formula is C42H43IrN2O2S-. The van der Waals surface area contributed by atoms with Gasteiger partial charge >= 0.3 is 0 Å². The molecule has 4 aromatic carbocycles. The summed E-state index contributed by atoms with van der Waals surface area (Å²) in [5, 5.41) is 14.9. The molecule has 48 heavy (non-hydrogen) atoms. The number of benzene rings is 4. The SMILES string of the molecule is CCC(C)(CC)C(=O)/C=C(\O)C(C)(CC)CC.[Ir].[c-]1ccc2sc3cccc4c3c2c1c1nc2ccccc2cc1n4-c1ccccc1. The van der Waals surface area contributed by atoms with Crippen LogP contribution in [0, 0.1) is 16.9 Å². The molecule has 0 fully saturated rings. The molecule has 1 radical (unpaired) electrons. The largest absolute Gasteiger partial charge is 0.512 e. The van der Waals surface area contributed by atoms with Crippen LogP contribution in [-0.2, 0) is 24.9 Å². The number of para-hydroxylation sites is 2. The van der Waals surface area contributed by atoms with E-state index in [1.165, 1.54) is 31.8 Å². The van der Waals surface area contributed by atoms with Crippen LogP contribution in [0.15, 0.2) is 103 Å². The van der Waals surface area contributed by atoms with Gasteiger partial charge in [0.15, 0.2) is 5.78 Å². The second kappa shape index (κ2) is 14.3. The third kappa shape index (κ3) is 6.22. The fourth-order valence-corrected chi connectivity index (χ4v) is 7.42. The number of allylic oxidation sites excluding steroid dienone is 2. The molecule has 0 aliphatic heterocycles. The number of thiophene rings is 1. The van der Waals surface area contributed by atoms with Gasteiger partial charge in [0, 0.05) is 69.3 Å². The van der Waals surface area contributed by atoms with E-state index in [0.29, 0.717) is 0 Å². The van der Waals surface area contributed by atoms with E-state index < -0.39 is 0 Å². The van der Waals surface area contributed by atoms with Crippen LogP contribution in [0.4, 0.5) is 0 Å². The maximum atomic E-state index is 12.2. The van der Waals surface area contributed by atoms with Crippen LogP contribution in [0.25, 0.3) is 58.7 Å². The molecule has 6 heteroatoms. The molecule has 0 unspecified atom stereocenters. The smallest absolute Gasteiger partial charge is 0.164 e. The fraction of sp³-hybridized carbons (Fsp3) is 0.286. The Hall–Kier alpha value is -3.83. The summed E-state index contributed by atoms with van der Waals surface area (Å²) in [7, 11) is 0. The zero-order chi connectivity index (χ0) is 33.3. The molecule has 0 bridgehead atoms. The molecule has 0 aliphatic carbocycles. The van der Waals surface area contributed by atoms with E-state index in [1.807, 2.05) is 58.9 Å². The van der Waals surface area contributed by atoms with Gasteiger partial charge in [0.25, 0.3) is 0 Å². The van der Waals surface area contributed by atoms with Crippen LogP contribution in [0.3, 0.4) is 0 Å². The van der Waals surface area contributed by atoms with Gasteiger partial charge in [-0.2, -0.15) is 11.3 Å². The van der Waals surface area contributed by atoms with Gasteiger partial charge in [0.05, 0.1) is 5.52 Å². The maximum absolute atomic E-state index is 12.2. The van der Waals surface area contributed by atoms with Crippen LogP contribution in [0.2, 0.25) is 0 Å². The monoisotopic (exact) mass is 832 g/mol. The van der Waals surface area contributed by atoms with E-state index >= 15 is 0 Å². The first-order valence-electron chi connectivity index (χ1n) is 16.7. The van der Waals surface area contributed by atoms with Gasteiger partial charge in [-0.15, -0.1) is 23.6 Å². The normalized spacial score (nSPS) is 12.4. The standard InChI is InChI=1S/C27H15N2S.C15H28O2.Ir/c1-2-9-18(10-3-1)29-21-13-7-15-24-26(21)25-19(11-6-14-23(25)30-24)27-22(29)16-17-8-4-5-12-20(17)28-27;1-7-14(5,8-2)12(16)11-13(17)15(6,9-3)10-4;/h1-10,12-16H;11,16H,7-10H2,1-6H3;/q-1;;/b;12-11-;. The van der Waals surface area contributed by atoms with E-state index in [4.69, 9.17) is 4.98 Å². The minimum Gasteiger partial charge on any atom is -0.512 e. The number of aromatic nitrogens is 2. The van der Waals surface area contributed by atoms with Crippen LogP contribution < -0.4 is 0 Å². The van der Waals surface area contributed by atoms with E-state index in [2.05, 4.69) is 95.6 Å². The van der Waals surface area contributed by atoms with Crippen molar-refractivity contribution >= 4 is 70.1 Å². The Kier molecular flexibility index (Phi) is 10.6. The summed E-state index contributed by atoms with van der Waals surface area (Å²) < 4.78 is 4.93. The summed E-state index contributed by atoms with van der Waals surface area (Å²) in [5.41, 5.74) is 4.81. The van der Waals surface area contributed by atoms with Crippen molar-refractivity contribution in [3.05, 3.63) is 109 Å². The molecule has 0 atom stereocenters. The van der Waals surface area contributed by atoms with Crippen molar-refractivity contribution in [3.8, 4) is 5.69 Å². The molecule has 7 rings (SSSR count). The molecule has 0 spiro atoms. The van der Waals surface area contributed by atoms with E-state index in [9.17, 15) is 9.90 Å². The predicted molar refractivity (Wildman–Crippen MR) is 201 cm³/mol. The van der Waals surface area contributed by atoms with Crippen molar-refractivity contribution in [1.29, 1.82) is 0 Å². The summed E-state index contributed by atoms with van der Waals surface area (Å²) >= 11 is 1.84. The van der Waals surface area contributed by atoms with Gasteiger partial charge in [0.2, 0.25) is 0 Å². The number of carbonyl (C=O) groups excluding carboxylic acids is 1. The third-order valence-corrected chi connectivity index (χ3v) is 11.6. The molecule has 0 saturated heterocycles. The molecule has 1 N–H and O–H groups in total. The van der Waals surface area contributed by atoms with Gasteiger partial charge in [-0.3, -0.25) is 9.78 Å². The number of aliphatic hydroxyl groups excluding tert-OH is 1. The number of fused-ring (bicyclic) bond motifs is 3. The zero-order valence-electron chi connectivity index (χ0n) is 28.6. The minimum absolute atomic E-state index is 0. The maximum Gasteiger partial charge on any atom is 0.164 e. The molecule has 249 valence electrons. The average Bonchev–Trinajstić information content (AvgIpc) is 3.45. The number of ketones is 1. The number of aliphatic hydroxyl groups is 1. The first kappa shape index (κ1) is 35.5. The number of pyridine rings is 1. The van der Waals surface area contributed by atoms with Crippen molar-refractivity contribution in [3.63, 3.8) is 0 Å². The van der Waals surface area contributed by atoms with Crippen molar-refractivity contribution in [1.82, 2.24) is 9.55 Å². The zero-order valence-corrected chi connectivity index (χ0v) is 31.8. The minimum atomic E-state index is -0.337. The molecule has 0 aliphatic rings. The van der Waals surface area contributed by atoms with E-state index in [-0.39, 0.29) is 42.5 Å². The van der Waals surface area contributed by atoms with Gasteiger partial charge in [-0.05, 0) is 72.2 Å². The van der Waals surface area contributed by atoms with E-state index in [1.54, 1.807) is 0 Å². The second-order valence-electron chi connectivity index (χ2n) is 13.0. The Bertz CT molecular complexity index is 2260. The summed E-state index contributed by atoms with van der Waals surface area (Å²) in [4.78, 5) is 17.3. The van der Waals surface area contributed by atoms with Crippen LogP contribution in [-0.4, -0.2) is 20.4 Å². The summed E-state index contributed by atoms with van der Waals surface area (Å²) in [5.74, 6) is 0.286. The molecule has 0 saturated carbocycles. The molecular weight excluding hydrogens is 789 g/mol. The van der Waals surface area contributed by atoms with Crippen molar-refractivity contribution in [2.75, 3.05) is 0 Å². The quantitative estimate of drug-likeness (QED) is 0.0943. The molecule has 7 aromatic rings. The number of nitrogens with zero attached hydrogens (tertiary/aromatic N) is 2. The Morgan fingerprint density at radius 2 is 1.46 bits per heavy atom. The topological polar surface area (TPSA) is 55.1 Å². The number of carbonyl (C=O) groups is 1. The third-order valence-electron chi connectivity index (χ3n) is 10.5. The van der Waals surface area contributed by atoms with Crippen molar-refractivity contribution < 1.29 is 30.0 Å². The average molecular weight is 832 g/mol. The molecule has 0 amide bonds. The van der Waals surface area contributed by atoms with Gasteiger partial charge < -0.3 is 9.67 Å². The van der Waals surface area contributed by atoms with Crippen LogP contribution in [0.1, 0.15) is 67.2 Å². The molecule has 4 nitrogen and oxygen atoms in total. The van der Waals surface area contributed by atoms with Gasteiger partial charge in [-0.25, -0.2) is 0 Å². The Morgan fingerprint density at radius 1 is 0.812 bits per heavy atom. The summed E-state index contributed by atoms with van der Waals surface area (Å²) in [6.45, 7) is 12.1. The Morgan fingerprint density at radius 3 is 2.15 bits per heavy atom. The van der Waals surface area contributed by atoms with Gasteiger partial charge in [-0.1, -0.05) is 89.4 Å². The number of rotatable bonds is 8. The first-order chi connectivity index (χ1) is 22.7. The first-order valence-corrected chi connectivity index (χ1v) is 17.6. The van der Waals surface area contributed by atoms with Gasteiger partial charge in [0.1, 0.15) is 5.76 Å². The number of hydrogen-bond donors (Lipinski definition) is 1. The predicted octanol–water partition coefficient (Wildman–Crippen LogP) is 12.1. The summed E-state index contributed by atoms with van der Waals surface area (Å²) in [6, 6.07) is 35.5. The second-order valence-corrected chi connectivity index (χ2v) is 14.1.